The van der Waals surface area contributed by atoms with Gasteiger partial charge in [0.2, 0.25) is 0 Å². The molecule has 0 unspecified atom stereocenters. The smallest absolute Gasteiger partial charge is 0.338 e. The van der Waals surface area contributed by atoms with Crippen molar-refractivity contribution < 1.29 is 18.7 Å². The minimum Gasteiger partial charge on any atom is -0.496 e. The quantitative estimate of drug-likeness (QED) is 0.221. The third-order valence-corrected chi connectivity index (χ3v) is 7.73. The van der Waals surface area contributed by atoms with Gasteiger partial charge in [0, 0.05) is 24.0 Å². The van der Waals surface area contributed by atoms with Crippen molar-refractivity contribution in [3.8, 4) is 5.75 Å². The summed E-state index contributed by atoms with van der Waals surface area (Å²) in [6.07, 6.45) is 6.34. The lowest BCUT2D eigenvalue weighted by molar-refractivity contribution is -0.139. The van der Waals surface area contributed by atoms with Crippen molar-refractivity contribution >= 4 is 35.1 Å². The van der Waals surface area contributed by atoms with E-state index in [1.54, 1.807) is 55.3 Å². The van der Waals surface area contributed by atoms with E-state index in [-0.39, 0.29) is 12.2 Å². The summed E-state index contributed by atoms with van der Waals surface area (Å²) >= 11 is 2.54. The van der Waals surface area contributed by atoms with Gasteiger partial charge in [-0.15, -0.1) is 0 Å². The molecule has 4 aromatic rings. The molecule has 1 aromatic carbocycles. The van der Waals surface area contributed by atoms with E-state index in [1.807, 2.05) is 31.2 Å². The second-order valence-electron chi connectivity index (χ2n) is 8.45. The number of fused-ring (bicyclic) bond motifs is 1. The van der Waals surface area contributed by atoms with Gasteiger partial charge in [-0.05, 0) is 49.4 Å². The van der Waals surface area contributed by atoms with Gasteiger partial charge in [-0.1, -0.05) is 42.9 Å². The Kier molecular flexibility index (Phi) is 8.08. The molecule has 0 spiro atoms. The first-order valence-electron chi connectivity index (χ1n) is 12.4. The minimum atomic E-state index is -0.752. The zero-order valence-corrected chi connectivity index (χ0v) is 23.3. The van der Waals surface area contributed by atoms with Crippen LogP contribution in [0, 0.1) is 0 Å². The molecule has 0 saturated carbocycles. The summed E-state index contributed by atoms with van der Waals surface area (Å²) in [7, 11) is 1.57. The lowest BCUT2D eigenvalue weighted by atomic mass is 9.93. The zero-order chi connectivity index (χ0) is 27.4. The van der Waals surface area contributed by atoms with Gasteiger partial charge in [-0.3, -0.25) is 9.36 Å². The number of methoxy groups -OCH3 is 1. The average molecular weight is 563 g/mol. The molecule has 3 aromatic heterocycles. The van der Waals surface area contributed by atoms with Gasteiger partial charge in [-0.25, -0.2) is 19.8 Å². The number of hydrogen-bond acceptors (Lipinski definition) is 10. The van der Waals surface area contributed by atoms with E-state index in [1.165, 1.54) is 23.1 Å². The molecule has 0 N–H and O–H groups in total. The van der Waals surface area contributed by atoms with Crippen molar-refractivity contribution in [3.05, 3.63) is 97.1 Å². The Labute approximate surface area is 232 Å². The molecule has 1 atom stereocenters. The summed E-state index contributed by atoms with van der Waals surface area (Å²) in [5.41, 5.74) is 1.35. The fourth-order valence-electron chi connectivity index (χ4n) is 4.33. The van der Waals surface area contributed by atoms with Crippen LogP contribution in [0.3, 0.4) is 0 Å². The monoisotopic (exact) mass is 562 g/mol. The number of ether oxygens (including phenoxy) is 2. The molecule has 0 amide bonds. The highest BCUT2D eigenvalue weighted by atomic mass is 32.2. The third kappa shape index (κ3) is 5.45. The number of allylic oxidation sites excluding steroid dienone is 1. The van der Waals surface area contributed by atoms with Crippen molar-refractivity contribution in [2.45, 2.75) is 43.0 Å². The number of aromatic nitrogens is 3. The zero-order valence-electron chi connectivity index (χ0n) is 21.6. The minimum absolute atomic E-state index is 0.206. The van der Waals surface area contributed by atoms with E-state index >= 15 is 0 Å². The molecule has 200 valence electrons. The third-order valence-electron chi connectivity index (χ3n) is 5.94. The van der Waals surface area contributed by atoms with Gasteiger partial charge in [-0.2, -0.15) is 0 Å². The molecule has 39 heavy (non-hydrogen) atoms. The summed E-state index contributed by atoms with van der Waals surface area (Å²) in [6, 6.07) is 12.0. The average Bonchev–Trinajstić information content (AvgIpc) is 3.52. The summed E-state index contributed by atoms with van der Waals surface area (Å²) in [6.45, 7) is 3.98. The van der Waals surface area contributed by atoms with Crippen molar-refractivity contribution in [2.24, 2.45) is 4.99 Å². The normalized spacial score (nSPS) is 15.2. The maximum absolute atomic E-state index is 13.9. The first kappa shape index (κ1) is 26.6. The fraction of sp³-hybridized carbons (Fsp3) is 0.250. The van der Waals surface area contributed by atoms with Crippen molar-refractivity contribution in [3.63, 3.8) is 0 Å². The highest BCUT2D eigenvalue weighted by molar-refractivity contribution is 7.99. The number of benzene rings is 1. The molecular formula is C28H26N4O5S2. The molecule has 0 bridgehead atoms. The van der Waals surface area contributed by atoms with Gasteiger partial charge in [0.15, 0.2) is 15.1 Å². The highest BCUT2D eigenvalue weighted by Crippen LogP contribution is 2.36. The summed E-state index contributed by atoms with van der Waals surface area (Å²) in [4.78, 5) is 40.9. The van der Waals surface area contributed by atoms with Crippen molar-refractivity contribution in [1.82, 2.24) is 14.5 Å². The first-order chi connectivity index (χ1) is 19.0. The lowest BCUT2D eigenvalue weighted by Crippen LogP contribution is -2.40. The first-order valence-corrected chi connectivity index (χ1v) is 14.1. The molecule has 1 aliphatic rings. The fourth-order valence-corrected chi connectivity index (χ4v) is 6.01. The second kappa shape index (κ2) is 11.8. The molecule has 0 aliphatic carbocycles. The van der Waals surface area contributed by atoms with Gasteiger partial charge in [0.25, 0.3) is 5.56 Å². The number of furan rings is 1. The number of carbonyl (C=O) groups is 1. The van der Waals surface area contributed by atoms with Crippen LogP contribution in [0.1, 0.15) is 44.1 Å². The standard InChI is InChI=1S/C28H26N4O5S2/c1-4-9-19-23(26(34)36-5-2)24(18-10-6-7-11-20(18)35-3)32-25(33)21(38-28(32)31-19)16-17-12-13-22(37-17)39-27-29-14-8-15-30-27/h6-8,10-16,24H,4-5,9H2,1-3H3/b21-16+/t24-/m1/s1. The summed E-state index contributed by atoms with van der Waals surface area (Å²) in [5, 5.41) is 1.16. The maximum Gasteiger partial charge on any atom is 0.338 e. The van der Waals surface area contributed by atoms with Crippen LogP contribution in [0.4, 0.5) is 0 Å². The topological polar surface area (TPSA) is 109 Å². The number of nitrogens with zero attached hydrogens (tertiary/aromatic N) is 4. The molecule has 0 radical (unpaired) electrons. The van der Waals surface area contributed by atoms with Gasteiger partial charge in [0.1, 0.15) is 17.6 Å². The molecular weight excluding hydrogens is 536 g/mol. The molecule has 11 heteroatoms. The van der Waals surface area contributed by atoms with Crippen molar-refractivity contribution in [2.75, 3.05) is 13.7 Å². The summed E-state index contributed by atoms with van der Waals surface area (Å²) in [5.74, 6) is 0.573. The Balaban J connectivity index is 1.65. The largest absolute Gasteiger partial charge is 0.496 e. The number of hydrogen-bond donors (Lipinski definition) is 0. The number of rotatable bonds is 9. The van der Waals surface area contributed by atoms with Crippen LogP contribution in [-0.4, -0.2) is 34.2 Å². The predicted molar refractivity (Wildman–Crippen MR) is 147 cm³/mol. The second-order valence-corrected chi connectivity index (χ2v) is 10.4. The van der Waals surface area contributed by atoms with Crippen molar-refractivity contribution in [1.29, 1.82) is 0 Å². The van der Waals surface area contributed by atoms with Gasteiger partial charge in [0.05, 0.1) is 29.5 Å². The van der Waals surface area contributed by atoms with Gasteiger partial charge < -0.3 is 13.9 Å². The summed E-state index contributed by atoms with van der Waals surface area (Å²) < 4.78 is 19.0. The van der Waals surface area contributed by atoms with Crippen LogP contribution in [-0.2, 0) is 9.53 Å². The molecule has 1 aliphatic heterocycles. The van der Waals surface area contributed by atoms with Crippen LogP contribution in [0.5, 0.6) is 5.75 Å². The van der Waals surface area contributed by atoms with E-state index in [9.17, 15) is 9.59 Å². The van der Waals surface area contributed by atoms with Gasteiger partial charge >= 0.3 is 5.97 Å². The Morgan fingerprint density at radius 3 is 2.69 bits per heavy atom. The Morgan fingerprint density at radius 1 is 1.15 bits per heavy atom. The van der Waals surface area contributed by atoms with Crippen LogP contribution < -0.4 is 19.6 Å². The van der Waals surface area contributed by atoms with E-state index < -0.39 is 12.0 Å². The van der Waals surface area contributed by atoms with Crippen LogP contribution in [0.2, 0.25) is 0 Å². The Morgan fingerprint density at radius 2 is 1.95 bits per heavy atom. The number of carbonyl (C=O) groups excluding carboxylic acids is 1. The Bertz CT molecular complexity index is 1710. The molecule has 4 heterocycles. The van der Waals surface area contributed by atoms with E-state index in [4.69, 9.17) is 18.9 Å². The SMILES string of the molecule is CCCC1=C(C(=O)OCC)[C@@H](c2ccccc2OC)n2c(s/c(=C/c3ccc(Sc4ncccn4)o3)c2=O)=N1. The number of esters is 1. The van der Waals surface area contributed by atoms with Crippen LogP contribution in [0.15, 0.2) is 90.6 Å². The Hall–Kier alpha value is -3.96. The molecule has 5 rings (SSSR count). The highest BCUT2D eigenvalue weighted by Gasteiger charge is 2.35. The van der Waals surface area contributed by atoms with E-state index in [0.717, 1.165) is 6.42 Å². The van der Waals surface area contributed by atoms with Crippen LogP contribution in [0.25, 0.3) is 6.08 Å². The number of para-hydroxylation sites is 1. The van der Waals surface area contributed by atoms with E-state index in [0.29, 0.717) is 54.3 Å². The van der Waals surface area contributed by atoms with E-state index in [2.05, 4.69) is 9.97 Å². The van der Waals surface area contributed by atoms with Crippen LogP contribution >= 0.6 is 23.1 Å². The predicted octanol–water partition coefficient (Wildman–Crippen LogP) is 4.12. The molecule has 9 nitrogen and oxygen atoms in total. The lowest BCUT2D eigenvalue weighted by Gasteiger charge is -2.26. The molecule has 0 fully saturated rings. The number of thiazole rings is 1. The molecule has 0 saturated heterocycles. The maximum atomic E-state index is 13.9.